The Balaban J connectivity index is 1.86. The Kier molecular flexibility index (Phi) is 4.03. The molecule has 1 aromatic rings. The second-order valence-corrected chi connectivity index (χ2v) is 5.33. The Labute approximate surface area is 133 Å². The lowest BCUT2D eigenvalue weighted by atomic mass is 9.96. The Morgan fingerprint density at radius 3 is 2.65 bits per heavy atom. The van der Waals surface area contributed by atoms with Gasteiger partial charge in [0.15, 0.2) is 5.84 Å². The Bertz CT molecular complexity index is 757. The summed E-state index contributed by atoms with van der Waals surface area (Å²) in [7, 11) is 0. The summed E-state index contributed by atoms with van der Waals surface area (Å²) in [5, 5.41) is 3.30. The summed E-state index contributed by atoms with van der Waals surface area (Å²) in [6.45, 7) is 3.03. The Morgan fingerprint density at radius 1 is 1.22 bits per heavy atom. The molecule has 0 aliphatic carbocycles. The third-order valence-electron chi connectivity index (χ3n) is 3.67. The summed E-state index contributed by atoms with van der Waals surface area (Å²) in [5.74, 6) is -0.238. The number of guanidine groups is 1. The van der Waals surface area contributed by atoms with Gasteiger partial charge in [-0.25, -0.2) is 4.99 Å². The van der Waals surface area contributed by atoms with Crippen molar-refractivity contribution in [2.45, 2.75) is 19.4 Å². The third-order valence-corrected chi connectivity index (χ3v) is 3.67. The molecule has 118 valence electrons. The van der Waals surface area contributed by atoms with Gasteiger partial charge in [0.1, 0.15) is 0 Å². The van der Waals surface area contributed by atoms with Crippen LogP contribution in [-0.4, -0.2) is 30.5 Å². The van der Waals surface area contributed by atoms with Crippen molar-refractivity contribution in [2.24, 2.45) is 26.4 Å². The molecule has 7 heteroatoms. The van der Waals surface area contributed by atoms with Crippen molar-refractivity contribution in [1.29, 1.82) is 0 Å². The molecule has 5 N–H and O–H groups in total. The number of fused-ring (bicyclic) bond motifs is 1. The molecule has 0 spiro atoms. The highest BCUT2D eigenvalue weighted by atomic mass is 16.1. The minimum Gasteiger partial charge on any atom is -0.385 e. The predicted molar refractivity (Wildman–Crippen MR) is 91.7 cm³/mol. The van der Waals surface area contributed by atoms with E-state index in [9.17, 15) is 4.79 Å². The number of rotatable bonds is 5. The van der Waals surface area contributed by atoms with Crippen LogP contribution in [0.1, 0.15) is 24.9 Å². The van der Waals surface area contributed by atoms with Crippen LogP contribution in [0.2, 0.25) is 0 Å². The van der Waals surface area contributed by atoms with E-state index in [1.165, 1.54) is 0 Å². The first-order valence-electron chi connectivity index (χ1n) is 7.45. The maximum Gasteiger partial charge on any atom is 0.284 e. The van der Waals surface area contributed by atoms with Gasteiger partial charge in [-0.15, -0.1) is 0 Å². The molecule has 2 aliphatic rings. The van der Waals surface area contributed by atoms with E-state index in [1.807, 2.05) is 24.3 Å². The summed E-state index contributed by atoms with van der Waals surface area (Å²) in [4.78, 5) is 23.8. The number of carbonyl (C=O) groups is 1. The normalized spacial score (nSPS) is 17.7. The van der Waals surface area contributed by atoms with E-state index >= 15 is 0 Å². The van der Waals surface area contributed by atoms with Crippen LogP contribution >= 0.6 is 0 Å². The zero-order valence-corrected chi connectivity index (χ0v) is 12.8. The number of nitrogens with two attached hydrogens (primary N) is 2. The molecule has 0 fully saturated rings. The summed E-state index contributed by atoms with van der Waals surface area (Å²) in [6.07, 6.45) is 2.62. The summed E-state index contributed by atoms with van der Waals surface area (Å²) in [5.41, 5.74) is 14.6. The predicted octanol–water partition coefficient (Wildman–Crippen LogP) is 1.14. The first-order chi connectivity index (χ1) is 11.1. The molecule has 1 atom stereocenters. The van der Waals surface area contributed by atoms with Crippen LogP contribution in [0.25, 0.3) is 0 Å². The Morgan fingerprint density at radius 2 is 1.96 bits per heavy atom. The molecule has 0 saturated heterocycles. The van der Waals surface area contributed by atoms with E-state index in [-0.39, 0.29) is 11.8 Å². The molecule has 23 heavy (non-hydrogen) atoms. The monoisotopic (exact) mass is 310 g/mol. The number of anilines is 1. The smallest absolute Gasteiger partial charge is 0.284 e. The molecular weight excluding hydrogens is 292 g/mol. The molecule has 2 heterocycles. The van der Waals surface area contributed by atoms with Crippen LogP contribution in [0.15, 0.2) is 50.4 Å². The summed E-state index contributed by atoms with van der Waals surface area (Å²) >= 11 is 0. The second-order valence-electron chi connectivity index (χ2n) is 5.33. The molecule has 3 rings (SSSR count). The molecule has 2 aliphatic heterocycles. The van der Waals surface area contributed by atoms with E-state index in [2.05, 4.69) is 27.2 Å². The van der Waals surface area contributed by atoms with Crippen LogP contribution in [0.4, 0.5) is 5.69 Å². The number of amides is 1. The first-order valence-corrected chi connectivity index (χ1v) is 7.45. The number of amidine groups is 1. The molecule has 0 aromatic heterocycles. The fourth-order valence-corrected chi connectivity index (χ4v) is 2.48. The van der Waals surface area contributed by atoms with Crippen molar-refractivity contribution < 1.29 is 4.79 Å². The largest absolute Gasteiger partial charge is 0.385 e. The molecular formula is C16H18N6O. The van der Waals surface area contributed by atoms with Crippen molar-refractivity contribution in [3.8, 4) is 0 Å². The Hall–Kier alpha value is -2.80. The zero-order valence-electron chi connectivity index (χ0n) is 12.8. The number of aliphatic imine (C=N–C) groups is 3. The van der Waals surface area contributed by atoms with Crippen molar-refractivity contribution in [3.05, 3.63) is 41.0 Å². The van der Waals surface area contributed by atoms with Crippen LogP contribution in [-0.2, 0) is 4.79 Å². The molecule has 7 nitrogen and oxygen atoms in total. The van der Waals surface area contributed by atoms with Gasteiger partial charge in [0.25, 0.3) is 5.91 Å². The highest BCUT2D eigenvalue weighted by Gasteiger charge is 2.31. The lowest BCUT2D eigenvalue weighted by Gasteiger charge is -2.15. The SMILES string of the molecule is CCCNc1ccc(C(N)C2=C3C(=O)N=C(N)N=C3N=C2)cc1. The molecule has 1 unspecified atom stereocenters. The van der Waals surface area contributed by atoms with Crippen LogP contribution in [0, 0.1) is 0 Å². The van der Waals surface area contributed by atoms with Gasteiger partial charge < -0.3 is 16.8 Å². The maximum absolute atomic E-state index is 12.1. The quantitative estimate of drug-likeness (QED) is 0.755. The van der Waals surface area contributed by atoms with Crippen LogP contribution in [0.5, 0.6) is 0 Å². The number of carbonyl (C=O) groups excluding carboxylic acids is 1. The van der Waals surface area contributed by atoms with E-state index in [0.29, 0.717) is 11.1 Å². The minimum atomic E-state index is -0.472. The van der Waals surface area contributed by atoms with Gasteiger partial charge in [-0.05, 0) is 24.1 Å². The van der Waals surface area contributed by atoms with Gasteiger partial charge in [-0.2, -0.15) is 9.98 Å². The highest BCUT2D eigenvalue weighted by Crippen LogP contribution is 2.28. The van der Waals surface area contributed by atoms with Gasteiger partial charge in [0, 0.05) is 24.0 Å². The van der Waals surface area contributed by atoms with E-state index in [4.69, 9.17) is 11.5 Å². The fourth-order valence-electron chi connectivity index (χ4n) is 2.48. The number of benzene rings is 1. The summed E-state index contributed by atoms with van der Waals surface area (Å²) < 4.78 is 0. The van der Waals surface area contributed by atoms with Gasteiger partial charge >= 0.3 is 0 Å². The summed E-state index contributed by atoms with van der Waals surface area (Å²) in [6, 6.07) is 7.33. The van der Waals surface area contributed by atoms with Crippen molar-refractivity contribution in [3.63, 3.8) is 0 Å². The van der Waals surface area contributed by atoms with Gasteiger partial charge in [-0.1, -0.05) is 19.1 Å². The number of nitrogens with one attached hydrogen (secondary N) is 1. The third kappa shape index (κ3) is 2.91. The minimum absolute atomic E-state index is 0.0768. The van der Waals surface area contributed by atoms with E-state index < -0.39 is 11.9 Å². The maximum atomic E-state index is 12.1. The van der Waals surface area contributed by atoms with Crippen LogP contribution in [0.3, 0.4) is 0 Å². The highest BCUT2D eigenvalue weighted by molar-refractivity contribution is 6.34. The second kappa shape index (κ2) is 6.13. The molecule has 0 bridgehead atoms. The number of hydrogen-bond acceptors (Lipinski definition) is 6. The van der Waals surface area contributed by atoms with Crippen molar-refractivity contribution in [1.82, 2.24) is 0 Å². The average Bonchev–Trinajstić information content (AvgIpc) is 2.96. The number of nitrogens with zero attached hydrogens (tertiary/aromatic N) is 3. The molecule has 1 amide bonds. The molecule has 1 aromatic carbocycles. The lowest BCUT2D eigenvalue weighted by Crippen LogP contribution is -2.24. The van der Waals surface area contributed by atoms with Gasteiger partial charge in [0.2, 0.25) is 5.96 Å². The average molecular weight is 310 g/mol. The van der Waals surface area contributed by atoms with Gasteiger partial charge in [-0.3, -0.25) is 4.79 Å². The standard InChI is InChI=1S/C16H18N6O/c1-2-7-19-10-5-3-9(4-6-10)13(17)11-8-20-14-12(11)15(23)22-16(18)21-14/h3-6,8,13,19H,2,7,17H2,1H3,(H2,18,22,23). The lowest BCUT2D eigenvalue weighted by molar-refractivity contribution is -0.114. The number of hydrogen-bond donors (Lipinski definition) is 3. The zero-order chi connectivity index (χ0) is 16.4. The molecule has 0 radical (unpaired) electrons. The van der Waals surface area contributed by atoms with Crippen molar-refractivity contribution in [2.75, 3.05) is 11.9 Å². The van der Waals surface area contributed by atoms with E-state index in [0.717, 1.165) is 24.2 Å². The van der Waals surface area contributed by atoms with Gasteiger partial charge in [0.05, 0.1) is 11.6 Å². The first kappa shape index (κ1) is 15.1. The van der Waals surface area contributed by atoms with Crippen LogP contribution < -0.4 is 16.8 Å². The fraction of sp³-hybridized carbons (Fsp3) is 0.250. The topological polar surface area (TPSA) is 118 Å². The van der Waals surface area contributed by atoms with Crippen molar-refractivity contribution >= 4 is 29.6 Å². The van der Waals surface area contributed by atoms with E-state index in [1.54, 1.807) is 6.21 Å². The molecule has 0 saturated carbocycles.